The molecule has 0 aliphatic rings. The summed E-state index contributed by atoms with van der Waals surface area (Å²) in [4.78, 5) is 8.37. The summed E-state index contributed by atoms with van der Waals surface area (Å²) in [6.45, 7) is -0.0490. The molecule has 0 atom stereocenters. The van der Waals surface area contributed by atoms with Gasteiger partial charge < -0.3 is 9.84 Å². The normalized spacial score (nSPS) is 10.3. The number of ether oxygens (including phenoxy) is 1. The van der Waals surface area contributed by atoms with Gasteiger partial charge in [0, 0.05) is 23.5 Å². The van der Waals surface area contributed by atoms with Gasteiger partial charge in [-0.15, -0.1) is 0 Å². The van der Waals surface area contributed by atoms with Gasteiger partial charge in [0.1, 0.15) is 5.75 Å². The molecule has 0 aliphatic heterocycles. The van der Waals surface area contributed by atoms with E-state index < -0.39 is 0 Å². The second-order valence-corrected chi connectivity index (χ2v) is 4.28. The van der Waals surface area contributed by atoms with E-state index in [2.05, 4.69) is 25.9 Å². The number of nitrogens with zero attached hydrogens (tertiary/aromatic N) is 2. The van der Waals surface area contributed by atoms with Gasteiger partial charge in [-0.3, -0.25) is 0 Å². The van der Waals surface area contributed by atoms with E-state index in [0.717, 1.165) is 15.8 Å². The van der Waals surface area contributed by atoms with Crippen LogP contribution in [0.5, 0.6) is 5.75 Å². The second-order valence-electron chi connectivity index (χ2n) is 3.42. The maximum atomic E-state index is 8.91. The van der Waals surface area contributed by atoms with Crippen molar-refractivity contribution in [2.45, 2.75) is 6.61 Å². The van der Waals surface area contributed by atoms with Crippen LogP contribution in [0.4, 0.5) is 0 Å². The minimum atomic E-state index is -0.0490. The zero-order valence-electron chi connectivity index (χ0n) is 9.22. The minimum Gasteiger partial charge on any atom is -0.496 e. The highest BCUT2D eigenvalue weighted by Crippen LogP contribution is 2.28. The Bertz CT molecular complexity index is 514. The maximum Gasteiger partial charge on any atom is 0.159 e. The van der Waals surface area contributed by atoms with Crippen LogP contribution in [0.3, 0.4) is 0 Å². The zero-order valence-corrected chi connectivity index (χ0v) is 10.8. The van der Waals surface area contributed by atoms with Gasteiger partial charge in [0.2, 0.25) is 0 Å². The summed E-state index contributed by atoms with van der Waals surface area (Å²) in [5.41, 5.74) is 1.59. The van der Waals surface area contributed by atoms with E-state index in [1.807, 2.05) is 18.2 Å². The zero-order chi connectivity index (χ0) is 12.3. The predicted molar refractivity (Wildman–Crippen MR) is 67.6 cm³/mol. The highest BCUT2D eigenvalue weighted by molar-refractivity contribution is 9.10. The van der Waals surface area contributed by atoms with Crippen molar-refractivity contribution in [1.29, 1.82) is 0 Å². The van der Waals surface area contributed by atoms with E-state index in [1.54, 1.807) is 19.5 Å². The average molecular weight is 295 g/mol. The fourth-order valence-corrected chi connectivity index (χ4v) is 1.93. The number of rotatable bonds is 3. The van der Waals surface area contributed by atoms with Crippen molar-refractivity contribution < 1.29 is 9.84 Å². The lowest BCUT2D eigenvalue weighted by atomic mass is 10.2. The summed E-state index contributed by atoms with van der Waals surface area (Å²) in [5.74, 6) is 1.38. The summed E-state index contributed by atoms with van der Waals surface area (Å²) in [5, 5.41) is 8.91. The molecule has 1 aromatic heterocycles. The smallest absolute Gasteiger partial charge is 0.159 e. The molecule has 2 rings (SSSR count). The Labute approximate surface area is 107 Å². The van der Waals surface area contributed by atoms with Crippen molar-refractivity contribution in [3.63, 3.8) is 0 Å². The molecule has 5 heteroatoms. The summed E-state index contributed by atoms with van der Waals surface area (Å²) >= 11 is 3.41. The molecular weight excluding hydrogens is 284 g/mol. The summed E-state index contributed by atoms with van der Waals surface area (Å²) in [6, 6.07) is 5.63. The van der Waals surface area contributed by atoms with Gasteiger partial charge in [-0.1, -0.05) is 0 Å². The molecule has 1 heterocycles. The van der Waals surface area contributed by atoms with Gasteiger partial charge in [0.15, 0.2) is 5.82 Å². The van der Waals surface area contributed by atoms with Crippen molar-refractivity contribution in [3.8, 4) is 17.1 Å². The Kier molecular flexibility index (Phi) is 3.71. The average Bonchev–Trinajstić information content (AvgIpc) is 2.39. The third-order valence-electron chi connectivity index (χ3n) is 2.30. The molecule has 4 nitrogen and oxygen atoms in total. The Morgan fingerprint density at radius 2 is 2.00 bits per heavy atom. The highest BCUT2D eigenvalue weighted by Gasteiger charge is 2.05. The van der Waals surface area contributed by atoms with Gasteiger partial charge >= 0.3 is 0 Å². The molecule has 17 heavy (non-hydrogen) atoms. The third-order valence-corrected chi connectivity index (χ3v) is 2.92. The van der Waals surface area contributed by atoms with Crippen LogP contribution in [-0.2, 0) is 6.61 Å². The number of aliphatic hydroxyl groups excluding tert-OH is 1. The van der Waals surface area contributed by atoms with Crippen LogP contribution in [0, 0.1) is 0 Å². The number of hydrogen-bond acceptors (Lipinski definition) is 4. The van der Waals surface area contributed by atoms with Gasteiger partial charge in [-0.25, -0.2) is 9.97 Å². The lowest BCUT2D eigenvalue weighted by molar-refractivity contribution is 0.281. The van der Waals surface area contributed by atoms with Gasteiger partial charge in [-0.05, 0) is 34.1 Å². The second kappa shape index (κ2) is 5.25. The fourth-order valence-electron chi connectivity index (χ4n) is 1.39. The lowest BCUT2D eigenvalue weighted by Gasteiger charge is -2.05. The van der Waals surface area contributed by atoms with E-state index >= 15 is 0 Å². The first-order chi connectivity index (χ1) is 8.24. The topological polar surface area (TPSA) is 55.2 Å². The van der Waals surface area contributed by atoms with E-state index in [4.69, 9.17) is 9.84 Å². The molecule has 0 unspecified atom stereocenters. The standard InChI is InChI=1S/C12H11BrN2O2/c1-17-11-3-2-9(4-10(11)13)12-14-5-8(7-16)6-15-12/h2-6,16H,7H2,1H3. The minimum absolute atomic E-state index is 0.0490. The van der Waals surface area contributed by atoms with Crippen LogP contribution in [0.1, 0.15) is 5.56 Å². The Morgan fingerprint density at radius 1 is 1.29 bits per heavy atom. The Balaban J connectivity index is 2.35. The van der Waals surface area contributed by atoms with E-state index in [0.29, 0.717) is 11.4 Å². The molecular formula is C12H11BrN2O2. The molecule has 0 radical (unpaired) electrons. The Hall–Kier alpha value is -1.46. The first kappa shape index (κ1) is 12.0. The van der Waals surface area contributed by atoms with Crippen LogP contribution < -0.4 is 4.74 Å². The number of halogens is 1. The summed E-state index contributed by atoms with van der Waals surface area (Å²) < 4.78 is 6.01. The molecule has 0 saturated carbocycles. The molecule has 0 aliphatic carbocycles. The quantitative estimate of drug-likeness (QED) is 0.944. The maximum absolute atomic E-state index is 8.91. The van der Waals surface area contributed by atoms with E-state index in [1.165, 1.54) is 0 Å². The molecule has 2 aromatic rings. The fraction of sp³-hybridized carbons (Fsp3) is 0.167. The number of methoxy groups -OCH3 is 1. The van der Waals surface area contributed by atoms with Crippen molar-refractivity contribution >= 4 is 15.9 Å². The van der Waals surface area contributed by atoms with Gasteiger partial charge in [0.25, 0.3) is 0 Å². The number of aromatic nitrogens is 2. The highest BCUT2D eigenvalue weighted by atomic mass is 79.9. The SMILES string of the molecule is COc1ccc(-c2ncc(CO)cn2)cc1Br. The number of hydrogen-bond donors (Lipinski definition) is 1. The summed E-state index contributed by atoms with van der Waals surface area (Å²) in [6.07, 6.45) is 3.22. The monoisotopic (exact) mass is 294 g/mol. The molecule has 88 valence electrons. The molecule has 0 bridgehead atoms. The van der Waals surface area contributed by atoms with Crippen LogP contribution in [0.25, 0.3) is 11.4 Å². The van der Waals surface area contributed by atoms with Crippen molar-refractivity contribution in [3.05, 3.63) is 40.6 Å². The van der Waals surface area contributed by atoms with Crippen molar-refractivity contribution in [2.24, 2.45) is 0 Å². The van der Waals surface area contributed by atoms with Gasteiger partial charge in [0.05, 0.1) is 18.2 Å². The van der Waals surface area contributed by atoms with E-state index in [-0.39, 0.29) is 6.61 Å². The van der Waals surface area contributed by atoms with Gasteiger partial charge in [-0.2, -0.15) is 0 Å². The molecule has 0 fully saturated rings. The van der Waals surface area contributed by atoms with Crippen LogP contribution in [-0.4, -0.2) is 22.2 Å². The number of aliphatic hydroxyl groups is 1. The third kappa shape index (κ3) is 2.62. The van der Waals surface area contributed by atoms with Crippen molar-refractivity contribution in [2.75, 3.05) is 7.11 Å². The van der Waals surface area contributed by atoms with E-state index in [9.17, 15) is 0 Å². The first-order valence-electron chi connectivity index (χ1n) is 5.00. The van der Waals surface area contributed by atoms with Crippen LogP contribution in [0.15, 0.2) is 35.1 Å². The Morgan fingerprint density at radius 3 is 2.53 bits per heavy atom. The van der Waals surface area contributed by atoms with Crippen molar-refractivity contribution in [1.82, 2.24) is 9.97 Å². The molecule has 1 aromatic carbocycles. The first-order valence-corrected chi connectivity index (χ1v) is 5.79. The summed E-state index contributed by atoms with van der Waals surface area (Å²) in [7, 11) is 1.62. The molecule has 0 amide bonds. The lowest BCUT2D eigenvalue weighted by Crippen LogP contribution is -1.93. The molecule has 1 N–H and O–H groups in total. The molecule has 0 spiro atoms. The van der Waals surface area contributed by atoms with Crippen LogP contribution >= 0.6 is 15.9 Å². The predicted octanol–water partition coefficient (Wildman–Crippen LogP) is 2.41. The van der Waals surface area contributed by atoms with Crippen LogP contribution in [0.2, 0.25) is 0 Å². The molecule has 0 saturated heterocycles. The largest absolute Gasteiger partial charge is 0.496 e. The number of benzene rings is 1.